The normalized spacial score (nSPS) is 10.8. The molecule has 28 heavy (non-hydrogen) atoms. The zero-order chi connectivity index (χ0) is 19.7. The Kier molecular flexibility index (Phi) is 4.45. The van der Waals surface area contributed by atoms with E-state index in [1.54, 1.807) is 32.7 Å². The lowest BCUT2D eigenvalue weighted by Gasteiger charge is -2.14. The molecule has 140 valence electrons. The Morgan fingerprint density at radius 2 is 1.68 bits per heavy atom. The monoisotopic (exact) mass is 373 g/mol. The van der Waals surface area contributed by atoms with Gasteiger partial charge in [0.1, 0.15) is 17.8 Å². The maximum absolute atomic E-state index is 11.4. The minimum Gasteiger partial charge on any atom is -0.496 e. The van der Waals surface area contributed by atoms with E-state index in [9.17, 15) is 4.79 Å². The summed E-state index contributed by atoms with van der Waals surface area (Å²) in [6, 6.07) is 19.0. The third kappa shape index (κ3) is 2.95. The molecule has 0 fully saturated rings. The topological polar surface area (TPSA) is 79.4 Å². The first-order valence-electron chi connectivity index (χ1n) is 8.71. The van der Waals surface area contributed by atoms with E-state index in [0.29, 0.717) is 11.1 Å². The Bertz CT molecular complexity index is 1160. The minimum atomic E-state index is -0.471. The van der Waals surface area contributed by atoms with Crippen LogP contribution in [0.2, 0.25) is 0 Å². The Labute approximate surface area is 162 Å². The molecule has 4 rings (SSSR count). The molecule has 2 N–H and O–H groups in total. The largest absolute Gasteiger partial charge is 0.496 e. The van der Waals surface area contributed by atoms with E-state index in [2.05, 4.69) is 4.98 Å². The number of rotatable bonds is 5. The number of carbonyl (C=O) groups is 1. The number of primary amides is 1. The van der Waals surface area contributed by atoms with Crippen LogP contribution in [-0.2, 0) is 0 Å². The smallest absolute Gasteiger partial charge is 0.248 e. The lowest BCUT2D eigenvalue weighted by molar-refractivity contribution is 0.100. The summed E-state index contributed by atoms with van der Waals surface area (Å²) in [5, 5.41) is 0. The maximum Gasteiger partial charge on any atom is 0.248 e. The quantitative estimate of drug-likeness (QED) is 0.577. The van der Waals surface area contributed by atoms with Crippen LogP contribution in [0.5, 0.6) is 11.5 Å². The zero-order valence-corrected chi connectivity index (χ0v) is 15.5. The molecule has 0 unspecified atom stereocenters. The van der Waals surface area contributed by atoms with Crippen molar-refractivity contribution < 1.29 is 14.3 Å². The lowest BCUT2D eigenvalue weighted by Crippen LogP contribution is -2.10. The molecule has 1 amide bonds. The zero-order valence-electron chi connectivity index (χ0n) is 15.5. The van der Waals surface area contributed by atoms with Gasteiger partial charge in [-0.15, -0.1) is 0 Å². The molecule has 1 heterocycles. The van der Waals surface area contributed by atoms with Crippen LogP contribution in [0.15, 0.2) is 67.0 Å². The second-order valence-corrected chi connectivity index (χ2v) is 6.27. The van der Waals surface area contributed by atoms with Gasteiger partial charge in [-0.3, -0.25) is 9.36 Å². The average molecular weight is 373 g/mol. The van der Waals surface area contributed by atoms with Gasteiger partial charge in [-0.1, -0.05) is 18.2 Å². The number of methoxy groups -OCH3 is 2. The number of fused-ring (bicyclic) bond motifs is 1. The number of nitrogens with zero attached hydrogens (tertiary/aromatic N) is 2. The number of imidazole rings is 1. The van der Waals surface area contributed by atoms with Gasteiger partial charge in [0.25, 0.3) is 0 Å². The van der Waals surface area contributed by atoms with E-state index < -0.39 is 5.91 Å². The summed E-state index contributed by atoms with van der Waals surface area (Å²) < 4.78 is 13.0. The fourth-order valence-corrected chi connectivity index (χ4v) is 3.32. The van der Waals surface area contributed by atoms with Crippen molar-refractivity contribution in [3.05, 3.63) is 72.6 Å². The van der Waals surface area contributed by atoms with Crippen LogP contribution in [-0.4, -0.2) is 29.7 Å². The number of aromatic nitrogens is 2. The molecule has 0 saturated carbocycles. The van der Waals surface area contributed by atoms with E-state index in [1.807, 2.05) is 53.1 Å². The first kappa shape index (κ1) is 17.6. The highest BCUT2D eigenvalue weighted by Crippen LogP contribution is 2.39. The van der Waals surface area contributed by atoms with Crippen molar-refractivity contribution in [2.75, 3.05) is 14.2 Å². The Morgan fingerprint density at radius 3 is 2.36 bits per heavy atom. The van der Waals surface area contributed by atoms with Gasteiger partial charge in [0, 0.05) is 11.3 Å². The van der Waals surface area contributed by atoms with Gasteiger partial charge in [-0.2, -0.15) is 0 Å². The van der Waals surface area contributed by atoms with Gasteiger partial charge in [0.2, 0.25) is 5.91 Å². The third-order valence-corrected chi connectivity index (χ3v) is 4.67. The van der Waals surface area contributed by atoms with Gasteiger partial charge in [0.05, 0.1) is 30.8 Å². The summed E-state index contributed by atoms with van der Waals surface area (Å²) in [6.45, 7) is 0. The van der Waals surface area contributed by atoms with E-state index in [1.165, 1.54) is 0 Å². The number of hydrogen-bond acceptors (Lipinski definition) is 4. The van der Waals surface area contributed by atoms with Crippen molar-refractivity contribution in [1.29, 1.82) is 0 Å². The summed E-state index contributed by atoms with van der Waals surface area (Å²) in [6.07, 6.45) is 1.73. The Hall–Kier alpha value is -3.80. The molecular weight excluding hydrogens is 354 g/mol. The summed E-state index contributed by atoms with van der Waals surface area (Å²) in [5.74, 6) is 0.998. The van der Waals surface area contributed by atoms with E-state index >= 15 is 0 Å². The number of carbonyl (C=O) groups excluding carboxylic acids is 1. The fraction of sp³-hybridized carbons (Fsp3) is 0.0909. The van der Waals surface area contributed by atoms with Crippen LogP contribution in [0.4, 0.5) is 0 Å². The predicted octanol–water partition coefficient (Wildman–Crippen LogP) is 3.81. The minimum absolute atomic E-state index is 0.435. The maximum atomic E-state index is 11.4. The number of ether oxygens (including phenoxy) is 2. The van der Waals surface area contributed by atoms with Crippen LogP contribution in [0.1, 0.15) is 10.4 Å². The van der Waals surface area contributed by atoms with Gasteiger partial charge in [-0.25, -0.2) is 4.98 Å². The molecule has 1 aromatic heterocycles. The van der Waals surface area contributed by atoms with E-state index in [-0.39, 0.29) is 0 Å². The highest BCUT2D eigenvalue weighted by atomic mass is 16.5. The number of hydrogen-bond donors (Lipinski definition) is 1. The van der Waals surface area contributed by atoms with Crippen LogP contribution in [0.3, 0.4) is 0 Å². The van der Waals surface area contributed by atoms with Gasteiger partial charge in [-0.05, 0) is 48.0 Å². The summed E-state index contributed by atoms with van der Waals surface area (Å²) >= 11 is 0. The molecule has 0 atom stereocenters. The molecule has 6 nitrogen and oxygen atoms in total. The van der Waals surface area contributed by atoms with Gasteiger partial charge < -0.3 is 15.2 Å². The summed E-state index contributed by atoms with van der Waals surface area (Å²) in [5.41, 5.74) is 10.2. The molecule has 6 heteroatoms. The van der Waals surface area contributed by atoms with Crippen LogP contribution in [0, 0.1) is 0 Å². The molecular formula is C22H19N3O3. The summed E-state index contributed by atoms with van der Waals surface area (Å²) in [7, 11) is 3.28. The van der Waals surface area contributed by atoms with Crippen LogP contribution >= 0.6 is 0 Å². The first-order chi connectivity index (χ1) is 13.6. The molecule has 0 aliphatic carbocycles. The molecule has 4 aromatic rings. The van der Waals surface area contributed by atoms with Crippen molar-refractivity contribution >= 4 is 16.9 Å². The summed E-state index contributed by atoms with van der Waals surface area (Å²) in [4.78, 5) is 15.8. The van der Waals surface area contributed by atoms with Crippen molar-refractivity contribution in [3.8, 4) is 28.3 Å². The van der Waals surface area contributed by atoms with Crippen molar-refractivity contribution in [1.82, 2.24) is 9.55 Å². The number of benzene rings is 3. The molecule has 0 spiro atoms. The SMILES string of the molecule is COc1cccc(OC)c1-c1cccc(-n2cnc3cc(C(N)=O)ccc32)c1. The highest BCUT2D eigenvalue weighted by Gasteiger charge is 2.14. The Morgan fingerprint density at radius 1 is 0.964 bits per heavy atom. The van der Waals surface area contributed by atoms with Crippen molar-refractivity contribution in [2.45, 2.75) is 0 Å². The third-order valence-electron chi connectivity index (χ3n) is 4.67. The molecule has 0 radical (unpaired) electrons. The Balaban J connectivity index is 1.85. The second kappa shape index (κ2) is 7.08. The lowest BCUT2D eigenvalue weighted by atomic mass is 10.0. The molecule has 0 aliphatic heterocycles. The molecule has 0 aliphatic rings. The molecule has 0 saturated heterocycles. The van der Waals surface area contributed by atoms with E-state index in [4.69, 9.17) is 15.2 Å². The second-order valence-electron chi connectivity index (χ2n) is 6.27. The van der Waals surface area contributed by atoms with Gasteiger partial charge >= 0.3 is 0 Å². The standard InChI is InChI=1S/C22H19N3O3/c1-27-19-7-4-8-20(28-2)21(19)14-5-3-6-16(11-14)25-13-24-17-12-15(22(23)26)9-10-18(17)25/h3-13H,1-2H3,(H2,23,26). The number of nitrogens with two attached hydrogens (primary N) is 1. The average Bonchev–Trinajstić information content (AvgIpc) is 3.16. The molecule has 0 bridgehead atoms. The van der Waals surface area contributed by atoms with Crippen molar-refractivity contribution in [2.24, 2.45) is 5.73 Å². The van der Waals surface area contributed by atoms with Crippen LogP contribution in [0.25, 0.3) is 27.8 Å². The fourth-order valence-electron chi connectivity index (χ4n) is 3.32. The van der Waals surface area contributed by atoms with Crippen LogP contribution < -0.4 is 15.2 Å². The molecule has 3 aromatic carbocycles. The van der Waals surface area contributed by atoms with E-state index in [0.717, 1.165) is 33.8 Å². The highest BCUT2D eigenvalue weighted by molar-refractivity contribution is 5.96. The van der Waals surface area contributed by atoms with Crippen molar-refractivity contribution in [3.63, 3.8) is 0 Å². The first-order valence-corrected chi connectivity index (χ1v) is 8.71. The number of amides is 1. The van der Waals surface area contributed by atoms with Gasteiger partial charge in [0.15, 0.2) is 0 Å². The predicted molar refractivity (Wildman–Crippen MR) is 108 cm³/mol.